The molecule has 0 N–H and O–H groups in total. The molecule has 70 valence electrons. The summed E-state index contributed by atoms with van der Waals surface area (Å²) in [7, 11) is 1.96. The molecule has 0 aromatic carbocycles. The number of nitrogens with zero attached hydrogens (tertiary/aromatic N) is 2. The van der Waals surface area contributed by atoms with E-state index < -0.39 is 0 Å². The van der Waals surface area contributed by atoms with Crippen LogP contribution >= 0.6 is 11.6 Å². The van der Waals surface area contributed by atoms with Crippen LogP contribution in [0.1, 0.15) is 5.56 Å². The van der Waals surface area contributed by atoms with Gasteiger partial charge in [-0.1, -0.05) is 11.6 Å². The monoisotopic (exact) mass is 205 g/mol. The van der Waals surface area contributed by atoms with Gasteiger partial charge in [0.05, 0.1) is 5.56 Å². The van der Waals surface area contributed by atoms with Crippen LogP contribution in [0.2, 0.25) is 5.15 Å². The summed E-state index contributed by atoms with van der Waals surface area (Å²) < 4.78 is 1.99. The summed E-state index contributed by atoms with van der Waals surface area (Å²) in [4.78, 5) is 4.04. The average molecular weight is 206 g/mol. The van der Waals surface area contributed by atoms with E-state index >= 15 is 0 Å². The predicted molar refractivity (Wildman–Crippen MR) is 57.8 cm³/mol. The molecule has 0 radical (unpaired) electrons. The molecule has 1 aromatic heterocycles. The Morgan fingerprint density at radius 3 is 2.79 bits per heavy atom. The number of aromatic nitrogens is 1. The molecule has 1 aliphatic rings. The molecule has 1 aliphatic heterocycles. The molecule has 0 saturated carbocycles. The minimum absolute atomic E-state index is 0.522. The molecule has 1 aromatic rings. The van der Waals surface area contributed by atoms with E-state index in [0.717, 1.165) is 17.0 Å². The number of hydrogen-bond donors (Lipinski definition) is 0. The van der Waals surface area contributed by atoms with Crippen molar-refractivity contribution >= 4 is 17.3 Å². The van der Waals surface area contributed by atoms with Crippen molar-refractivity contribution in [2.45, 2.75) is 0 Å². The zero-order valence-electron chi connectivity index (χ0n) is 7.87. The van der Waals surface area contributed by atoms with Crippen LogP contribution in [0.25, 0.3) is 0 Å². The molecule has 0 bridgehead atoms. The van der Waals surface area contributed by atoms with Gasteiger partial charge in [-0.25, -0.2) is 4.98 Å². The van der Waals surface area contributed by atoms with Crippen LogP contribution in [-0.2, 0) is 0 Å². The van der Waals surface area contributed by atoms with Crippen LogP contribution in [0.3, 0.4) is 0 Å². The first-order valence-electron chi connectivity index (χ1n) is 4.28. The second kappa shape index (κ2) is 3.39. The van der Waals surface area contributed by atoms with Gasteiger partial charge >= 0.3 is 0 Å². The van der Waals surface area contributed by atoms with Gasteiger partial charge in [-0.15, -0.1) is 0 Å². The van der Waals surface area contributed by atoms with Crippen LogP contribution in [0.5, 0.6) is 0 Å². The number of hydrogen-bond acceptors (Lipinski definition) is 1. The van der Waals surface area contributed by atoms with E-state index in [1.54, 1.807) is 6.20 Å². The molecule has 0 aliphatic carbocycles. The van der Waals surface area contributed by atoms with E-state index in [9.17, 15) is 0 Å². The third kappa shape index (κ3) is 1.38. The van der Waals surface area contributed by atoms with Gasteiger partial charge in [0.1, 0.15) is 12.2 Å². The minimum Gasteiger partial charge on any atom is -0.244 e. The molecule has 0 fully saturated rings. The van der Waals surface area contributed by atoms with E-state index in [1.165, 1.54) is 0 Å². The Hall–Kier alpha value is -1.41. The first kappa shape index (κ1) is 9.16. The van der Waals surface area contributed by atoms with Crippen molar-refractivity contribution in [1.29, 1.82) is 0 Å². The van der Waals surface area contributed by atoms with Crippen molar-refractivity contribution in [3.05, 3.63) is 53.5 Å². The second-order valence-electron chi connectivity index (χ2n) is 3.11. The summed E-state index contributed by atoms with van der Waals surface area (Å²) in [5.41, 5.74) is 2.93. The van der Waals surface area contributed by atoms with Gasteiger partial charge in [-0.3, -0.25) is 0 Å². The molecule has 14 heavy (non-hydrogen) atoms. The highest BCUT2D eigenvalue weighted by atomic mass is 35.5. The number of pyridine rings is 1. The molecular weight excluding hydrogens is 196 g/mol. The summed E-state index contributed by atoms with van der Waals surface area (Å²) in [6, 6.07) is 3.82. The number of likely N-dealkylation sites (N-methyl/N-ethyl adjacent to an activating group) is 1. The molecule has 0 unspecified atom stereocenters. The van der Waals surface area contributed by atoms with E-state index in [4.69, 9.17) is 11.6 Å². The molecule has 0 saturated heterocycles. The summed E-state index contributed by atoms with van der Waals surface area (Å²) in [6.07, 6.45) is 5.63. The maximum atomic E-state index is 6.00. The summed E-state index contributed by atoms with van der Waals surface area (Å²) >= 11 is 6.00. The van der Waals surface area contributed by atoms with Crippen LogP contribution in [-0.4, -0.2) is 22.3 Å². The summed E-state index contributed by atoms with van der Waals surface area (Å²) in [6.45, 7) is 3.90. The van der Waals surface area contributed by atoms with Crippen LogP contribution in [0, 0.1) is 0 Å². The van der Waals surface area contributed by atoms with Crippen molar-refractivity contribution in [3.63, 3.8) is 0 Å². The van der Waals surface area contributed by atoms with Crippen molar-refractivity contribution < 1.29 is 4.58 Å². The fraction of sp³-hybridized carbons (Fsp3) is 0.0909. The predicted octanol–water partition coefficient (Wildman–Crippen LogP) is 2.25. The molecular formula is C11H10ClN2+. The van der Waals surface area contributed by atoms with Crippen LogP contribution in [0.4, 0.5) is 0 Å². The first-order chi connectivity index (χ1) is 6.70. The molecule has 2 heterocycles. The Bertz CT molecular complexity index is 458. The van der Waals surface area contributed by atoms with Gasteiger partial charge in [0.15, 0.2) is 5.70 Å². The third-order valence-corrected chi connectivity index (χ3v) is 2.56. The molecule has 0 atom stereocenters. The van der Waals surface area contributed by atoms with E-state index in [0.29, 0.717) is 5.15 Å². The molecule has 2 rings (SSSR count). The van der Waals surface area contributed by atoms with Crippen molar-refractivity contribution in [2.75, 3.05) is 7.05 Å². The van der Waals surface area contributed by atoms with Gasteiger partial charge in [0.25, 0.3) is 0 Å². The topological polar surface area (TPSA) is 15.9 Å². The van der Waals surface area contributed by atoms with Gasteiger partial charge in [-0.05, 0) is 18.7 Å². The standard InChI is InChI=1S/C11H10ClN2/c1-8-5-6-10(14(8)2)9-4-3-7-13-11(9)12/h3-7H,1H2,2H3/q+1. The van der Waals surface area contributed by atoms with Crippen molar-refractivity contribution in [1.82, 2.24) is 4.98 Å². The second-order valence-corrected chi connectivity index (χ2v) is 3.47. The Kier molecular flexibility index (Phi) is 2.22. The fourth-order valence-corrected chi connectivity index (χ4v) is 1.62. The van der Waals surface area contributed by atoms with Gasteiger partial charge in [0.2, 0.25) is 5.71 Å². The van der Waals surface area contributed by atoms with Gasteiger partial charge in [-0.2, -0.15) is 4.58 Å². The molecule has 2 nitrogen and oxygen atoms in total. The highest BCUT2D eigenvalue weighted by Crippen LogP contribution is 2.17. The number of allylic oxidation sites excluding steroid dienone is 2. The van der Waals surface area contributed by atoms with Gasteiger partial charge < -0.3 is 0 Å². The number of rotatable bonds is 1. The Balaban J connectivity index is 2.57. The zero-order chi connectivity index (χ0) is 10.1. The lowest BCUT2D eigenvalue weighted by Gasteiger charge is -1.98. The maximum Gasteiger partial charge on any atom is 0.216 e. The smallest absolute Gasteiger partial charge is 0.216 e. The highest BCUT2D eigenvalue weighted by Gasteiger charge is 2.21. The Labute approximate surface area is 87.9 Å². The van der Waals surface area contributed by atoms with E-state index in [-0.39, 0.29) is 0 Å². The van der Waals surface area contributed by atoms with Crippen molar-refractivity contribution in [2.24, 2.45) is 0 Å². The third-order valence-electron chi connectivity index (χ3n) is 2.26. The lowest BCUT2D eigenvalue weighted by atomic mass is 10.2. The van der Waals surface area contributed by atoms with Crippen LogP contribution in [0.15, 0.2) is 42.8 Å². The lowest BCUT2D eigenvalue weighted by Crippen LogP contribution is -2.10. The molecule has 3 heteroatoms. The van der Waals surface area contributed by atoms with E-state index in [2.05, 4.69) is 11.6 Å². The normalized spacial score (nSPS) is 15.4. The highest BCUT2D eigenvalue weighted by molar-refractivity contribution is 6.33. The number of halogens is 1. The molecule has 0 amide bonds. The van der Waals surface area contributed by atoms with E-state index in [1.807, 2.05) is 35.9 Å². The Morgan fingerprint density at radius 1 is 1.43 bits per heavy atom. The van der Waals surface area contributed by atoms with Crippen LogP contribution < -0.4 is 0 Å². The maximum absolute atomic E-state index is 6.00. The SMILES string of the molecule is C=C1C=CC(c2cccnc2Cl)=[N+]1C. The first-order valence-corrected chi connectivity index (χ1v) is 4.66. The summed E-state index contributed by atoms with van der Waals surface area (Å²) in [5.74, 6) is 0. The Morgan fingerprint density at radius 2 is 2.21 bits per heavy atom. The summed E-state index contributed by atoms with van der Waals surface area (Å²) in [5, 5.41) is 0.522. The average Bonchev–Trinajstić information content (AvgIpc) is 2.49. The molecule has 0 spiro atoms. The van der Waals surface area contributed by atoms with Crippen molar-refractivity contribution in [3.8, 4) is 0 Å². The van der Waals surface area contributed by atoms with Gasteiger partial charge in [0, 0.05) is 18.3 Å². The quantitative estimate of drug-likeness (QED) is 0.507. The zero-order valence-corrected chi connectivity index (χ0v) is 8.62. The lowest BCUT2D eigenvalue weighted by molar-refractivity contribution is -0.432. The fourth-order valence-electron chi connectivity index (χ4n) is 1.40. The minimum atomic E-state index is 0.522. The largest absolute Gasteiger partial charge is 0.244 e.